The summed E-state index contributed by atoms with van der Waals surface area (Å²) in [4.78, 5) is 18.1. The number of morpholine rings is 1. The van der Waals surface area contributed by atoms with Crippen LogP contribution in [0, 0.1) is 6.92 Å². The summed E-state index contributed by atoms with van der Waals surface area (Å²) in [6.07, 6.45) is 3.51. The molecule has 1 aromatic rings. The molecule has 1 amide bonds. The number of pyridine rings is 1. The van der Waals surface area contributed by atoms with Gasteiger partial charge in [0, 0.05) is 31.2 Å². The molecule has 18 heavy (non-hydrogen) atoms. The quantitative estimate of drug-likeness (QED) is 0.870. The zero-order valence-electron chi connectivity index (χ0n) is 10.8. The maximum Gasteiger partial charge on any atom is 0.244 e. The number of carbonyl (C=O) groups excluding carboxylic acids is 1. The van der Waals surface area contributed by atoms with Crippen LogP contribution >= 0.6 is 0 Å². The standard InChI is InChI=1S/C13H19N3O2/c1-10-9-14-4-3-12(10)15-11(2)13(17)16-5-7-18-8-6-16/h3-4,9,11H,5-8H2,1-2H3,(H,14,15). The highest BCUT2D eigenvalue weighted by atomic mass is 16.5. The van der Waals surface area contributed by atoms with Gasteiger partial charge in [0.1, 0.15) is 6.04 Å². The maximum atomic E-state index is 12.2. The zero-order chi connectivity index (χ0) is 13.0. The first-order chi connectivity index (χ1) is 8.68. The Hall–Kier alpha value is -1.62. The SMILES string of the molecule is Cc1cnccc1NC(C)C(=O)N1CCOCC1. The Kier molecular flexibility index (Phi) is 4.15. The van der Waals surface area contributed by atoms with Crippen LogP contribution in [0.3, 0.4) is 0 Å². The van der Waals surface area contributed by atoms with E-state index >= 15 is 0 Å². The van der Waals surface area contributed by atoms with Crippen LogP contribution in [0.4, 0.5) is 5.69 Å². The largest absolute Gasteiger partial charge is 0.378 e. The maximum absolute atomic E-state index is 12.2. The van der Waals surface area contributed by atoms with Crippen LogP contribution in [0.2, 0.25) is 0 Å². The van der Waals surface area contributed by atoms with Gasteiger partial charge in [-0.3, -0.25) is 9.78 Å². The third-order valence-electron chi connectivity index (χ3n) is 3.09. The van der Waals surface area contributed by atoms with Crippen molar-refractivity contribution in [3.05, 3.63) is 24.0 Å². The smallest absolute Gasteiger partial charge is 0.244 e. The monoisotopic (exact) mass is 249 g/mol. The number of nitrogens with zero attached hydrogens (tertiary/aromatic N) is 2. The lowest BCUT2D eigenvalue weighted by Crippen LogP contribution is -2.47. The van der Waals surface area contributed by atoms with Crippen molar-refractivity contribution in [3.63, 3.8) is 0 Å². The first-order valence-electron chi connectivity index (χ1n) is 6.22. The summed E-state index contributed by atoms with van der Waals surface area (Å²) in [7, 11) is 0. The second-order valence-electron chi connectivity index (χ2n) is 4.49. The van der Waals surface area contributed by atoms with Crippen molar-refractivity contribution < 1.29 is 9.53 Å². The van der Waals surface area contributed by atoms with E-state index in [-0.39, 0.29) is 11.9 Å². The lowest BCUT2D eigenvalue weighted by Gasteiger charge is -2.30. The second-order valence-corrected chi connectivity index (χ2v) is 4.49. The summed E-state index contributed by atoms with van der Waals surface area (Å²) in [6, 6.07) is 1.66. The highest BCUT2D eigenvalue weighted by Crippen LogP contribution is 2.14. The number of hydrogen-bond acceptors (Lipinski definition) is 4. The molecule has 0 spiro atoms. The molecule has 2 heterocycles. The third-order valence-corrected chi connectivity index (χ3v) is 3.09. The predicted molar refractivity (Wildman–Crippen MR) is 69.5 cm³/mol. The van der Waals surface area contributed by atoms with Gasteiger partial charge in [-0.2, -0.15) is 0 Å². The second kappa shape index (κ2) is 5.82. The predicted octanol–water partition coefficient (Wildman–Crippen LogP) is 1.05. The van der Waals surface area contributed by atoms with Gasteiger partial charge in [-0.15, -0.1) is 0 Å². The number of anilines is 1. The fraction of sp³-hybridized carbons (Fsp3) is 0.538. The summed E-state index contributed by atoms with van der Waals surface area (Å²) in [5.74, 6) is 0.120. The van der Waals surface area contributed by atoms with Gasteiger partial charge in [0.2, 0.25) is 5.91 Å². The molecule has 0 saturated carbocycles. The van der Waals surface area contributed by atoms with E-state index in [2.05, 4.69) is 10.3 Å². The molecule has 1 aromatic heterocycles. The Bertz CT molecular complexity index is 416. The zero-order valence-corrected chi connectivity index (χ0v) is 10.8. The molecule has 0 bridgehead atoms. The van der Waals surface area contributed by atoms with Crippen molar-refractivity contribution in [3.8, 4) is 0 Å². The number of carbonyl (C=O) groups is 1. The Morgan fingerprint density at radius 3 is 2.89 bits per heavy atom. The van der Waals surface area contributed by atoms with Gasteiger partial charge in [0.15, 0.2) is 0 Å². The molecule has 98 valence electrons. The molecule has 1 saturated heterocycles. The minimum absolute atomic E-state index is 0.120. The summed E-state index contributed by atoms with van der Waals surface area (Å²) in [5, 5.41) is 3.24. The topological polar surface area (TPSA) is 54.5 Å². The molecular formula is C13H19N3O2. The molecule has 1 unspecified atom stereocenters. The highest BCUT2D eigenvalue weighted by Gasteiger charge is 2.22. The molecule has 1 aliphatic rings. The van der Waals surface area contributed by atoms with E-state index in [1.54, 1.807) is 12.4 Å². The van der Waals surface area contributed by atoms with E-state index < -0.39 is 0 Å². The van der Waals surface area contributed by atoms with Gasteiger partial charge in [-0.1, -0.05) is 0 Å². The molecule has 0 radical (unpaired) electrons. The fourth-order valence-corrected chi connectivity index (χ4v) is 1.99. The van der Waals surface area contributed by atoms with E-state index in [0.29, 0.717) is 26.3 Å². The minimum Gasteiger partial charge on any atom is -0.378 e. The number of ether oxygens (including phenoxy) is 1. The van der Waals surface area contributed by atoms with Crippen molar-refractivity contribution in [2.24, 2.45) is 0 Å². The normalized spacial score (nSPS) is 17.3. The van der Waals surface area contributed by atoms with Crippen LogP contribution < -0.4 is 5.32 Å². The minimum atomic E-state index is -0.232. The summed E-state index contributed by atoms with van der Waals surface area (Å²) in [6.45, 7) is 6.48. The van der Waals surface area contributed by atoms with Gasteiger partial charge in [0.05, 0.1) is 13.2 Å². The van der Waals surface area contributed by atoms with Crippen molar-refractivity contribution in [2.75, 3.05) is 31.6 Å². The van der Waals surface area contributed by atoms with Crippen molar-refractivity contribution in [2.45, 2.75) is 19.9 Å². The number of hydrogen-bond donors (Lipinski definition) is 1. The Labute approximate surface area is 107 Å². The summed E-state index contributed by atoms with van der Waals surface area (Å²) in [5.41, 5.74) is 2.00. The lowest BCUT2D eigenvalue weighted by molar-refractivity contribution is -0.135. The molecule has 0 aromatic carbocycles. The lowest BCUT2D eigenvalue weighted by atomic mass is 10.2. The van der Waals surface area contributed by atoms with Crippen LogP contribution in [0.1, 0.15) is 12.5 Å². The Balaban J connectivity index is 1.96. The van der Waals surface area contributed by atoms with Crippen molar-refractivity contribution >= 4 is 11.6 Å². The summed E-state index contributed by atoms with van der Waals surface area (Å²) >= 11 is 0. The average molecular weight is 249 g/mol. The number of aromatic nitrogens is 1. The van der Waals surface area contributed by atoms with Gasteiger partial charge in [-0.05, 0) is 25.5 Å². The van der Waals surface area contributed by atoms with Gasteiger partial charge in [-0.25, -0.2) is 0 Å². The van der Waals surface area contributed by atoms with Gasteiger partial charge >= 0.3 is 0 Å². The number of amides is 1. The van der Waals surface area contributed by atoms with Crippen LogP contribution in [-0.4, -0.2) is 48.1 Å². The van der Waals surface area contributed by atoms with Gasteiger partial charge in [0.25, 0.3) is 0 Å². The van der Waals surface area contributed by atoms with E-state index in [4.69, 9.17) is 4.74 Å². The number of rotatable bonds is 3. The van der Waals surface area contributed by atoms with E-state index in [1.165, 1.54) is 0 Å². The molecule has 5 nitrogen and oxygen atoms in total. The van der Waals surface area contributed by atoms with Crippen LogP contribution in [0.5, 0.6) is 0 Å². The first kappa shape index (κ1) is 12.8. The molecule has 0 aliphatic carbocycles. The molecule has 1 fully saturated rings. The Morgan fingerprint density at radius 1 is 1.50 bits per heavy atom. The molecular weight excluding hydrogens is 230 g/mol. The van der Waals surface area contributed by atoms with Crippen molar-refractivity contribution in [1.82, 2.24) is 9.88 Å². The van der Waals surface area contributed by atoms with E-state index in [9.17, 15) is 4.79 Å². The molecule has 1 N–H and O–H groups in total. The first-order valence-corrected chi connectivity index (χ1v) is 6.22. The van der Waals surface area contributed by atoms with Crippen LogP contribution in [0.25, 0.3) is 0 Å². The van der Waals surface area contributed by atoms with E-state index in [1.807, 2.05) is 24.8 Å². The molecule has 1 aliphatic heterocycles. The third kappa shape index (κ3) is 2.98. The fourth-order valence-electron chi connectivity index (χ4n) is 1.99. The van der Waals surface area contributed by atoms with Crippen LogP contribution in [0.15, 0.2) is 18.5 Å². The Morgan fingerprint density at radius 2 is 2.22 bits per heavy atom. The number of aryl methyl sites for hydroxylation is 1. The van der Waals surface area contributed by atoms with E-state index in [0.717, 1.165) is 11.3 Å². The van der Waals surface area contributed by atoms with Crippen LogP contribution in [-0.2, 0) is 9.53 Å². The highest BCUT2D eigenvalue weighted by molar-refractivity contribution is 5.84. The summed E-state index contributed by atoms with van der Waals surface area (Å²) < 4.78 is 5.24. The average Bonchev–Trinajstić information content (AvgIpc) is 2.41. The molecule has 1 atom stereocenters. The number of nitrogens with one attached hydrogen (secondary N) is 1. The molecule has 2 rings (SSSR count). The van der Waals surface area contributed by atoms with Crippen molar-refractivity contribution in [1.29, 1.82) is 0 Å². The molecule has 5 heteroatoms. The van der Waals surface area contributed by atoms with Gasteiger partial charge < -0.3 is 15.0 Å².